The number of ether oxygens (including phenoxy) is 1. The number of benzene rings is 2. The molecular formula is C22H24F2O5. The van der Waals surface area contributed by atoms with Crippen molar-refractivity contribution >= 4 is 17.5 Å². The number of esters is 1. The van der Waals surface area contributed by atoms with Gasteiger partial charge in [-0.3, -0.25) is 9.59 Å². The molecule has 29 heavy (non-hydrogen) atoms. The molecule has 0 aromatic heterocycles. The molecule has 1 atom stereocenters. The second-order valence-corrected chi connectivity index (χ2v) is 6.41. The van der Waals surface area contributed by atoms with E-state index in [9.17, 15) is 28.3 Å². The van der Waals surface area contributed by atoms with E-state index in [2.05, 4.69) is 4.74 Å². The van der Waals surface area contributed by atoms with E-state index < -0.39 is 23.2 Å². The van der Waals surface area contributed by atoms with Crippen LogP contribution in [-0.4, -0.2) is 29.2 Å². The van der Waals surface area contributed by atoms with Crippen LogP contribution in [0.25, 0.3) is 0 Å². The minimum absolute atomic E-state index is 0.00988. The smallest absolute Gasteiger partial charge is 0.379 e. The van der Waals surface area contributed by atoms with Crippen LogP contribution < -0.4 is 0 Å². The molecule has 2 aromatic rings. The van der Waals surface area contributed by atoms with Gasteiger partial charge in [0.2, 0.25) is 0 Å². The average Bonchev–Trinajstić information content (AvgIpc) is 2.68. The van der Waals surface area contributed by atoms with Gasteiger partial charge >= 0.3 is 5.97 Å². The van der Waals surface area contributed by atoms with Crippen molar-refractivity contribution in [3.63, 3.8) is 0 Å². The second-order valence-electron chi connectivity index (χ2n) is 6.41. The van der Waals surface area contributed by atoms with E-state index in [1.165, 1.54) is 36.4 Å². The number of halogens is 2. The van der Waals surface area contributed by atoms with Gasteiger partial charge in [0.05, 0.1) is 12.2 Å². The lowest BCUT2D eigenvalue weighted by Gasteiger charge is -2.22. The molecule has 2 aromatic carbocycles. The van der Waals surface area contributed by atoms with Crippen LogP contribution in [0.3, 0.4) is 0 Å². The summed E-state index contributed by atoms with van der Waals surface area (Å²) in [6, 6.07) is 10.3. The van der Waals surface area contributed by atoms with Crippen molar-refractivity contribution in [2.75, 3.05) is 6.61 Å². The zero-order chi connectivity index (χ0) is 22.0. The lowest BCUT2D eigenvalue weighted by molar-refractivity contribution is -0.137. The minimum Gasteiger partial charge on any atom is -0.460 e. The number of Topliss-reactive ketones (excluding diaryl/α,β-unsaturated/α-hetero) is 2. The van der Waals surface area contributed by atoms with Gasteiger partial charge in [-0.2, -0.15) is 0 Å². The number of hydrogen-bond donors (Lipinski definition) is 1. The molecule has 1 unspecified atom stereocenters. The molecule has 0 heterocycles. The highest BCUT2D eigenvalue weighted by atomic mass is 19.1. The molecule has 2 rings (SSSR count). The second kappa shape index (κ2) is 11.2. The molecule has 0 amide bonds. The molecule has 1 N–H and O–H groups in total. The number of carbonyl (C=O) groups is 3. The largest absolute Gasteiger partial charge is 0.460 e. The van der Waals surface area contributed by atoms with Crippen LogP contribution in [0, 0.1) is 11.6 Å². The first-order valence-electron chi connectivity index (χ1n) is 9.07. The fourth-order valence-corrected chi connectivity index (χ4v) is 2.34. The van der Waals surface area contributed by atoms with Crippen LogP contribution in [0.15, 0.2) is 48.5 Å². The number of ketones is 2. The van der Waals surface area contributed by atoms with Crippen molar-refractivity contribution in [2.24, 2.45) is 0 Å². The molecule has 156 valence electrons. The summed E-state index contributed by atoms with van der Waals surface area (Å²) in [4.78, 5) is 33.4. The molecule has 0 spiro atoms. The summed E-state index contributed by atoms with van der Waals surface area (Å²) in [6.07, 6.45) is 0.465. The minimum atomic E-state index is -1.21. The summed E-state index contributed by atoms with van der Waals surface area (Å²) in [7, 11) is 0. The van der Waals surface area contributed by atoms with Gasteiger partial charge in [-0.05, 0) is 55.8 Å². The van der Waals surface area contributed by atoms with E-state index >= 15 is 0 Å². The molecule has 0 saturated carbocycles. The lowest BCUT2D eigenvalue weighted by atomic mass is 9.90. The summed E-state index contributed by atoms with van der Waals surface area (Å²) in [5, 5.41) is 10.0. The van der Waals surface area contributed by atoms with Crippen LogP contribution in [0.5, 0.6) is 0 Å². The Morgan fingerprint density at radius 3 is 1.86 bits per heavy atom. The first-order chi connectivity index (χ1) is 13.6. The Labute approximate surface area is 168 Å². The van der Waals surface area contributed by atoms with Crippen molar-refractivity contribution in [1.82, 2.24) is 0 Å². The Kier molecular flexibility index (Phi) is 9.28. The predicted octanol–water partition coefficient (Wildman–Crippen LogP) is 3.97. The number of carbonyl (C=O) groups excluding carboxylic acids is 3. The van der Waals surface area contributed by atoms with Crippen LogP contribution in [0.2, 0.25) is 0 Å². The summed E-state index contributed by atoms with van der Waals surface area (Å²) < 4.78 is 29.6. The topological polar surface area (TPSA) is 80.7 Å². The van der Waals surface area contributed by atoms with Gasteiger partial charge in [-0.1, -0.05) is 19.1 Å². The predicted molar refractivity (Wildman–Crippen MR) is 103 cm³/mol. The molecular weight excluding hydrogens is 382 g/mol. The lowest BCUT2D eigenvalue weighted by Crippen LogP contribution is -2.24. The van der Waals surface area contributed by atoms with Gasteiger partial charge in [0.15, 0.2) is 0 Å². The highest BCUT2D eigenvalue weighted by molar-refractivity contribution is 6.40. The third kappa shape index (κ3) is 7.91. The molecule has 0 bridgehead atoms. The molecule has 7 heteroatoms. The van der Waals surface area contributed by atoms with Gasteiger partial charge in [0.25, 0.3) is 5.78 Å². The molecule has 0 aliphatic heterocycles. The summed E-state index contributed by atoms with van der Waals surface area (Å²) >= 11 is 0. The fraction of sp³-hybridized carbons (Fsp3) is 0.318. The van der Waals surface area contributed by atoms with Crippen LogP contribution in [0.1, 0.15) is 49.5 Å². The number of aliphatic hydroxyl groups is 1. The first kappa shape index (κ1) is 24.1. The van der Waals surface area contributed by atoms with E-state index in [1.807, 2.05) is 0 Å². The number of rotatable bonds is 7. The maximum Gasteiger partial charge on any atom is 0.379 e. The van der Waals surface area contributed by atoms with Crippen molar-refractivity contribution in [3.05, 3.63) is 71.3 Å². The first-order valence-corrected chi connectivity index (χ1v) is 9.07. The summed E-state index contributed by atoms with van der Waals surface area (Å²) in [5.41, 5.74) is -0.517. The van der Waals surface area contributed by atoms with E-state index in [0.29, 0.717) is 12.0 Å². The zero-order valence-corrected chi connectivity index (χ0v) is 16.6. The molecule has 0 radical (unpaired) electrons. The van der Waals surface area contributed by atoms with Gasteiger partial charge in [-0.25, -0.2) is 13.6 Å². The monoisotopic (exact) mass is 406 g/mol. The van der Waals surface area contributed by atoms with Crippen molar-refractivity contribution in [1.29, 1.82) is 0 Å². The van der Waals surface area contributed by atoms with E-state index in [0.717, 1.165) is 12.1 Å². The fourth-order valence-electron chi connectivity index (χ4n) is 2.34. The van der Waals surface area contributed by atoms with Crippen LogP contribution >= 0.6 is 0 Å². The van der Waals surface area contributed by atoms with Crippen molar-refractivity contribution in [2.45, 2.75) is 39.2 Å². The SMILES string of the molecule is CCC(=O)CC(C)(O)c1ccc(F)cc1.CCOC(=O)C(=O)c1ccc(F)cc1. The Balaban J connectivity index is 0.000000291. The van der Waals surface area contributed by atoms with Crippen LogP contribution in [-0.2, 0) is 19.9 Å². The van der Waals surface area contributed by atoms with Gasteiger partial charge in [0, 0.05) is 18.4 Å². The van der Waals surface area contributed by atoms with Crippen molar-refractivity contribution < 1.29 is 33.0 Å². The van der Waals surface area contributed by atoms with Crippen molar-refractivity contribution in [3.8, 4) is 0 Å². The molecule has 0 fully saturated rings. The maximum absolute atomic E-state index is 12.7. The van der Waals surface area contributed by atoms with E-state index in [-0.39, 0.29) is 30.2 Å². The quantitative estimate of drug-likeness (QED) is 0.427. The van der Waals surface area contributed by atoms with Gasteiger partial charge in [0.1, 0.15) is 17.4 Å². The Hall–Kier alpha value is -2.93. The van der Waals surface area contributed by atoms with Gasteiger partial charge in [-0.15, -0.1) is 0 Å². The van der Waals surface area contributed by atoms with E-state index in [4.69, 9.17) is 0 Å². The standard InChI is InChI=1S/C12H15FO2.C10H9FO3/c1-3-11(14)8-12(2,15)9-4-6-10(13)7-5-9;1-2-14-10(13)9(12)7-3-5-8(11)6-4-7/h4-7,15H,3,8H2,1-2H3;3-6H,2H2,1H3. The third-order valence-electron chi connectivity index (χ3n) is 3.97. The Bertz CT molecular complexity index is 827. The molecule has 5 nitrogen and oxygen atoms in total. The maximum atomic E-state index is 12.7. The molecule has 0 aliphatic carbocycles. The normalized spacial score (nSPS) is 12.2. The average molecular weight is 406 g/mol. The Morgan fingerprint density at radius 2 is 1.41 bits per heavy atom. The van der Waals surface area contributed by atoms with Gasteiger partial charge < -0.3 is 9.84 Å². The third-order valence-corrected chi connectivity index (χ3v) is 3.97. The zero-order valence-electron chi connectivity index (χ0n) is 16.6. The summed E-state index contributed by atoms with van der Waals surface area (Å²) in [6.45, 7) is 5.07. The highest BCUT2D eigenvalue weighted by Gasteiger charge is 2.25. The van der Waals surface area contributed by atoms with E-state index in [1.54, 1.807) is 20.8 Å². The summed E-state index contributed by atoms with van der Waals surface area (Å²) in [5.74, 6) is -2.49. The molecule has 0 saturated heterocycles. The highest BCUT2D eigenvalue weighted by Crippen LogP contribution is 2.25. The number of hydrogen-bond acceptors (Lipinski definition) is 5. The molecule has 0 aliphatic rings. The van der Waals surface area contributed by atoms with Crippen LogP contribution in [0.4, 0.5) is 8.78 Å². The Morgan fingerprint density at radius 1 is 0.931 bits per heavy atom.